The summed E-state index contributed by atoms with van der Waals surface area (Å²) < 4.78 is 55.0. The molecule has 0 radical (unpaired) electrons. The van der Waals surface area contributed by atoms with E-state index in [0.717, 1.165) is 0 Å². The van der Waals surface area contributed by atoms with Crippen LogP contribution < -0.4 is 0 Å². The smallest absolute Gasteiger partial charge is 0.379 e. The van der Waals surface area contributed by atoms with E-state index in [1.807, 2.05) is 0 Å². The summed E-state index contributed by atoms with van der Waals surface area (Å²) in [5, 5.41) is 0. The van der Waals surface area contributed by atoms with E-state index in [1.54, 1.807) is 32.9 Å². The van der Waals surface area contributed by atoms with Crippen molar-refractivity contribution in [2.24, 2.45) is 0 Å². The fourth-order valence-electron chi connectivity index (χ4n) is 2.47. The maximum atomic E-state index is 12.9. The molecule has 1 rings (SSSR count). The highest BCUT2D eigenvalue weighted by Crippen LogP contribution is 2.27. The number of carbonyl (C=O) groups is 1. The molecule has 12 heteroatoms. The number of carbonyl (C=O) groups excluding carboxylic acids is 1. The van der Waals surface area contributed by atoms with Gasteiger partial charge in [0.25, 0.3) is 0 Å². The number of rotatable bonds is 17. The fraction of sp³-hybridized carbons (Fsp3) is 0.727. The van der Waals surface area contributed by atoms with Gasteiger partial charge in [-0.1, -0.05) is 6.07 Å². The maximum Gasteiger partial charge on any atom is 0.470 e. The molecule has 0 aliphatic carbocycles. The molecule has 1 aromatic heterocycles. The average Bonchev–Trinajstić information content (AvgIpc) is 2.78. The Bertz CT molecular complexity index is 642. The topological polar surface area (TPSA) is 122 Å². The number of hydrogen-bond donors (Lipinski definition) is 0. The van der Waals surface area contributed by atoms with Gasteiger partial charge >= 0.3 is 12.1 Å². The molecule has 0 fully saturated rings. The second-order valence-corrected chi connectivity index (χ2v) is 6.98. The zero-order valence-electron chi connectivity index (χ0n) is 21.2. The van der Waals surface area contributed by atoms with Crippen LogP contribution in [0.5, 0.6) is 0 Å². The monoisotopic (exact) mass is 491 g/mol. The van der Waals surface area contributed by atoms with Crippen LogP contribution in [0, 0.1) is 0 Å². The summed E-state index contributed by atoms with van der Waals surface area (Å²) in [6.07, 6.45) is -6.11. The van der Waals surface area contributed by atoms with Gasteiger partial charge in [-0.15, -0.1) is 0 Å². The van der Waals surface area contributed by atoms with E-state index in [0.29, 0.717) is 0 Å². The van der Waals surface area contributed by atoms with Crippen LogP contribution >= 0.6 is 0 Å². The summed E-state index contributed by atoms with van der Waals surface area (Å²) in [4.78, 5) is 16.9. The molecule has 12 nitrogen and oxygen atoms in total. The summed E-state index contributed by atoms with van der Waals surface area (Å²) in [6.45, 7) is 9.58. The SMILES string of the molecule is COC(C)OC(C)OC(OC(=O)c1ccccn1)(OC(C)OC(C)OC)OC(C)OC(C)OC. The van der Waals surface area contributed by atoms with E-state index >= 15 is 0 Å². The van der Waals surface area contributed by atoms with Crippen molar-refractivity contribution < 1.29 is 52.2 Å². The lowest BCUT2D eigenvalue weighted by molar-refractivity contribution is -0.549. The second-order valence-electron chi connectivity index (χ2n) is 6.98. The summed E-state index contributed by atoms with van der Waals surface area (Å²) in [5.41, 5.74) is -0.0147. The van der Waals surface area contributed by atoms with Crippen molar-refractivity contribution in [2.45, 2.75) is 85.4 Å². The Morgan fingerprint density at radius 1 is 0.706 bits per heavy atom. The van der Waals surface area contributed by atoms with Gasteiger partial charge in [0, 0.05) is 27.5 Å². The lowest BCUT2D eigenvalue weighted by Crippen LogP contribution is -2.51. The molecule has 0 amide bonds. The van der Waals surface area contributed by atoms with Gasteiger partial charge in [-0.05, 0) is 53.7 Å². The van der Waals surface area contributed by atoms with Crippen molar-refractivity contribution >= 4 is 5.97 Å². The summed E-state index contributed by atoms with van der Waals surface area (Å²) in [5.74, 6) is -0.897. The first-order chi connectivity index (χ1) is 16.0. The molecule has 196 valence electrons. The van der Waals surface area contributed by atoms with E-state index in [2.05, 4.69) is 4.98 Å². The molecule has 0 bridgehead atoms. The Labute approximate surface area is 200 Å². The summed E-state index contributed by atoms with van der Waals surface area (Å²) in [7, 11) is 4.38. The molecule has 0 aliphatic heterocycles. The van der Waals surface area contributed by atoms with Gasteiger partial charge < -0.3 is 33.2 Å². The van der Waals surface area contributed by atoms with Crippen LogP contribution in [0.2, 0.25) is 0 Å². The number of aromatic nitrogens is 1. The van der Waals surface area contributed by atoms with Crippen LogP contribution in [0.3, 0.4) is 0 Å². The van der Waals surface area contributed by atoms with E-state index < -0.39 is 49.9 Å². The number of pyridine rings is 1. The molecule has 0 saturated heterocycles. The van der Waals surface area contributed by atoms with Gasteiger partial charge in [0.15, 0.2) is 37.7 Å². The summed E-state index contributed by atoms with van der Waals surface area (Å²) in [6, 6.07) is 4.73. The molecular formula is C22H37NO11. The van der Waals surface area contributed by atoms with E-state index in [-0.39, 0.29) is 5.69 Å². The molecule has 0 N–H and O–H groups in total. The molecule has 1 aromatic rings. The van der Waals surface area contributed by atoms with Crippen LogP contribution in [0.4, 0.5) is 0 Å². The molecule has 0 spiro atoms. The molecular weight excluding hydrogens is 454 g/mol. The van der Waals surface area contributed by atoms with Gasteiger partial charge in [-0.2, -0.15) is 0 Å². The minimum atomic E-state index is -2.48. The Hall–Kier alpha value is -1.74. The van der Waals surface area contributed by atoms with Gasteiger partial charge in [-0.25, -0.2) is 9.78 Å². The number of hydrogen-bond acceptors (Lipinski definition) is 12. The second kappa shape index (κ2) is 15.3. The largest absolute Gasteiger partial charge is 0.470 e. The van der Waals surface area contributed by atoms with Crippen molar-refractivity contribution in [3.63, 3.8) is 0 Å². The Kier molecular flexibility index (Phi) is 13.6. The molecule has 0 aromatic carbocycles. The number of nitrogens with zero attached hydrogens (tertiary/aromatic N) is 1. The highest BCUT2D eigenvalue weighted by molar-refractivity contribution is 5.87. The highest BCUT2D eigenvalue weighted by atomic mass is 17.1. The first-order valence-corrected chi connectivity index (χ1v) is 10.8. The molecule has 6 unspecified atom stereocenters. The first-order valence-electron chi connectivity index (χ1n) is 10.8. The van der Waals surface area contributed by atoms with Gasteiger partial charge in [0.05, 0.1) is 0 Å². The normalized spacial score (nSPS) is 18.9. The van der Waals surface area contributed by atoms with E-state index in [1.165, 1.54) is 54.4 Å². The van der Waals surface area contributed by atoms with Crippen molar-refractivity contribution in [2.75, 3.05) is 21.3 Å². The van der Waals surface area contributed by atoms with Crippen LogP contribution in [-0.2, 0) is 47.4 Å². The van der Waals surface area contributed by atoms with Crippen molar-refractivity contribution in [1.82, 2.24) is 4.98 Å². The Morgan fingerprint density at radius 2 is 1.12 bits per heavy atom. The molecule has 34 heavy (non-hydrogen) atoms. The Morgan fingerprint density at radius 3 is 1.44 bits per heavy atom. The molecule has 1 heterocycles. The van der Waals surface area contributed by atoms with Gasteiger partial charge in [-0.3, -0.25) is 14.2 Å². The third kappa shape index (κ3) is 11.1. The van der Waals surface area contributed by atoms with Gasteiger partial charge in [0.2, 0.25) is 0 Å². The van der Waals surface area contributed by atoms with Crippen LogP contribution in [-0.4, -0.2) is 76.2 Å². The number of ether oxygens (including phenoxy) is 10. The first kappa shape index (κ1) is 30.3. The number of methoxy groups -OCH3 is 3. The zero-order chi connectivity index (χ0) is 25.7. The quantitative estimate of drug-likeness (QED) is 0.235. The average molecular weight is 492 g/mol. The molecule has 0 saturated carbocycles. The van der Waals surface area contributed by atoms with E-state index in [9.17, 15) is 4.79 Å². The van der Waals surface area contributed by atoms with Crippen LogP contribution in [0.25, 0.3) is 0 Å². The maximum absolute atomic E-state index is 12.9. The molecule has 6 atom stereocenters. The Balaban J connectivity index is 3.29. The lowest BCUT2D eigenvalue weighted by atomic mass is 10.4. The number of esters is 1. The standard InChI is InChI=1S/C22H37NO11/c1-14(25-7)28-17(4)31-22(32-18(5)29-15(2)26-8,33-19(6)30-16(3)27-9)34-21(24)20-12-10-11-13-23-20/h10-19H,1-9H3. The van der Waals surface area contributed by atoms with Crippen molar-refractivity contribution in [3.8, 4) is 0 Å². The van der Waals surface area contributed by atoms with Gasteiger partial charge in [0.1, 0.15) is 5.69 Å². The van der Waals surface area contributed by atoms with Crippen molar-refractivity contribution in [1.29, 1.82) is 0 Å². The minimum absolute atomic E-state index is 0.0147. The zero-order valence-corrected chi connectivity index (χ0v) is 21.2. The predicted octanol–water partition coefficient (Wildman–Crippen LogP) is 2.96. The third-order valence-electron chi connectivity index (χ3n) is 4.17. The van der Waals surface area contributed by atoms with E-state index in [4.69, 9.17) is 47.4 Å². The fourth-order valence-corrected chi connectivity index (χ4v) is 2.47. The highest BCUT2D eigenvalue weighted by Gasteiger charge is 2.46. The summed E-state index contributed by atoms with van der Waals surface area (Å²) >= 11 is 0. The lowest BCUT2D eigenvalue weighted by Gasteiger charge is -2.37. The van der Waals surface area contributed by atoms with Crippen LogP contribution in [0.15, 0.2) is 24.4 Å². The van der Waals surface area contributed by atoms with Crippen LogP contribution in [0.1, 0.15) is 52.0 Å². The van der Waals surface area contributed by atoms with Crippen molar-refractivity contribution in [3.05, 3.63) is 30.1 Å². The predicted molar refractivity (Wildman–Crippen MR) is 117 cm³/mol. The minimum Gasteiger partial charge on any atom is -0.379 e. The third-order valence-corrected chi connectivity index (χ3v) is 4.17. The molecule has 0 aliphatic rings.